The minimum absolute atomic E-state index is 0.0224. The topological polar surface area (TPSA) is 248 Å². The third-order valence-corrected chi connectivity index (χ3v) is 7.31. The first kappa shape index (κ1) is 33.8. The van der Waals surface area contributed by atoms with E-state index in [0.717, 1.165) is 6.07 Å². The molecule has 15 nitrogen and oxygen atoms in total. The van der Waals surface area contributed by atoms with Crippen LogP contribution in [0.4, 0.5) is 0 Å². The maximum Gasteiger partial charge on any atom is 0.186 e. The molecular formula is C29H38O15. The zero-order chi connectivity index (χ0) is 32.1. The number of hydrogen-bond donors (Lipinski definition) is 10. The first-order valence-corrected chi connectivity index (χ1v) is 13.8. The maximum atomic E-state index is 11.0. The second kappa shape index (κ2) is 14.8. The molecule has 4 rings (SSSR count). The number of benzene rings is 2. The average molecular weight is 627 g/mol. The van der Waals surface area contributed by atoms with Gasteiger partial charge in [-0.1, -0.05) is 18.2 Å². The Morgan fingerprint density at radius 2 is 1.50 bits per heavy atom. The quantitative estimate of drug-likeness (QED) is 0.109. The van der Waals surface area contributed by atoms with Crippen LogP contribution in [0.5, 0.6) is 23.0 Å². The van der Waals surface area contributed by atoms with E-state index < -0.39 is 86.7 Å². The van der Waals surface area contributed by atoms with E-state index in [1.165, 1.54) is 42.5 Å². The van der Waals surface area contributed by atoms with Gasteiger partial charge in [0.05, 0.1) is 25.4 Å². The standard InChI is InChI=1S/C29H38O15/c1-13-18(32)10-21(35)28(42-13)41-12-23-27(44-24(37)7-3-14-2-5-16(30)19(33)8-14)25(38)26(39)29(43-23)40-11-22(36)15-4-6-17(31)20(34)9-15/h2-9,13,18,21-39H,10-12H2,1H3/b7-3+/t13-,18+,21-,22?,23+,24?,25+,26+,27?,28+,29?/m0/s1. The predicted octanol–water partition coefficient (Wildman–Crippen LogP) is -0.704. The normalized spacial score (nSPS) is 32.5. The van der Waals surface area contributed by atoms with Crippen molar-refractivity contribution in [2.45, 2.75) is 81.0 Å². The molecular weight excluding hydrogens is 588 g/mol. The Labute approximate surface area is 252 Å². The largest absolute Gasteiger partial charge is 0.504 e. The summed E-state index contributed by atoms with van der Waals surface area (Å²) in [6, 6.07) is 7.58. The first-order valence-electron chi connectivity index (χ1n) is 13.8. The molecule has 2 fully saturated rings. The van der Waals surface area contributed by atoms with Gasteiger partial charge in [-0.2, -0.15) is 0 Å². The zero-order valence-electron chi connectivity index (χ0n) is 23.6. The van der Waals surface area contributed by atoms with Crippen molar-refractivity contribution in [1.82, 2.24) is 0 Å². The van der Waals surface area contributed by atoms with E-state index in [2.05, 4.69) is 0 Å². The van der Waals surface area contributed by atoms with Gasteiger partial charge >= 0.3 is 0 Å². The zero-order valence-corrected chi connectivity index (χ0v) is 23.6. The Bertz CT molecular complexity index is 1260. The molecule has 0 spiro atoms. The molecule has 2 saturated heterocycles. The van der Waals surface area contributed by atoms with Crippen LogP contribution >= 0.6 is 0 Å². The van der Waals surface area contributed by atoms with Crippen LogP contribution in [0.15, 0.2) is 42.5 Å². The second-order valence-electron chi connectivity index (χ2n) is 10.6. The van der Waals surface area contributed by atoms with E-state index >= 15 is 0 Å². The smallest absolute Gasteiger partial charge is 0.186 e. The number of phenolic OH excluding ortho intramolecular Hbond substituents is 4. The average Bonchev–Trinajstić information content (AvgIpc) is 2.98. The SMILES string of the molecule is C[C@@H]1O[C@@H](OC[C@H]2OC(OCC(O)c3ccc(O)c(O)c3)[C@H](O)[C@@H](O)C2OC(O)/C=C/c2ccc(O)c(O)c2)[C@@H](O)C[C@H]1O. The Hall–Kier alpha value is -3.06. The third kappa shape index (κ3) is 8.35. The van der Waals surface area contributed by atoms with Crippen LogP contribution in [0.25, 0.3) is 6.08 Å². The van der Waals surface area contributed by atoms with Crippen molar-refractivity contribution in [2.24, 2.45) is 0 Å². The predicted molar refractivity (Wildman–Crippen MR) is 148 cm³/mol. The lowest BCUT2D eigenvalue weighted by Crippen LogP contribution is -2.61. The van der Waals surface area contributed by atoms with Gasteiger partial charge in [-0.15, -0.1) is 0 Å². The Morgan fingerprint density at radius 3 is 2.18 bits per heavy atom. The van der Waals surface area contributed by atoms with Gasteiger partial charge in [0.25, 0.3) is 0 Å². The number of rotatable bonds is 11. The van der Waals surface area contributed by atoms with Crippen molar-refractivity contribution in [3.8, 4) is 23.0 Å². The highest BCUT2D eigenvalue weighted by Gasteiger charge is 2.47. The van der Waals surface area contributed by atoms with Crippen LogP contribution in [-0.4, -0.2) is 126 Å². The summed E-state index contributed by atoms with van der Waals surface area (Å²) in [4.78, 5) is 0. The maximum absolute atomic E-state index is 11.0. The first-order chi connectivity index (χ1) is 20.8. The van der Waals surface area contributed by atoms with Crippen molar-refractivity contribution in [3.63, 3.8) is 0 Å². The molecule has 244 valence electrons. The van der Waals surface area contributed by atoms with E-state index in [0.29, 0.717) is 5.56 Å². The van der Waals surface area contributed by atoms with E-state index in [1.54, 1.807) is 6.92 Å². The summed E-state index contributed by atoms with van der Waals surface area (Å²) in [6.07, 6.45) is -12.1. The third-order valence-electron chi connectivity index (χ3n) is 7.31. The van der Waals surface area contributed by atoms with E-state index in [4.69, 9.17) is 23.7 Å². The summed E-state index contributed by atoms with van der Waals surface area (Å²) in [5, 5.41) is 101. The fourth-order valence-corrected chi connectivity index (χ4v) is 4.70. The van der Waals surface area contributed by atoms with Gasteiger partial charge in [0.15, 0.2) is 41.9 Å². The highest BCUT2D eigenvalue weighted by Crippen LogP contribution is 2.31. The molecule has 44 heavy (non-hydrogen) atoms. The van der Waals surface area contributed by atoms with Crippen LogP contribution in [0.1, 0.15) is 30.6 Å². The van der Waals surface area contributed by atoms with Crippen LogP contribution in [0.2, 0.25) is 0 Å². The summed E-state index contributed by atoms with van der Waals surface area (Å²) < 4.78 is 28.1. The van der Waals surface area contributed by atoms with Crippen LogP contribution in [0, 0.1) is 0 Å². The molecule has 2 aromatic rings. The van der Waals surface area contributed by atoms with E-state index in [9.17, 15) is 51.1 Å². The summed E-state index contributed by atoms with van der Waals surface area (Å²) in [6.45, 7) is 0.716. The lowest BCUT2D eigenvalue weighted by atomic mass is 9.98. The number of aromatic hydroxyl groups is 4. The van der Waals surface area contributed by atoms with Crippen LogP contribution in [-0.2, 0) is 23.7 Å². The van der Waals surface area contributed by atoms with E-state index in [1.807, 2.05) is 0 Å². The Morgan fingerprint density at radius 1 is 0.818 bits per heavy atom. The van der Waals surface area contributed by atoms with Gasteiger partial charge in [-0.25, -0.2) is 0 Å². The fraction of sp³-hybridized carbons (Fsp3) is 0.517. The molecule has 4 unspecified atom stereocenters. The lowest BCUT2D eigenvalue weighted by molar-refractivity contribution is -0.335. The van der Waals surface area contributed by atoms with Crippen LogP contribution in [0.3, 0.4) is 0 Å². The monoisotopic (exact) mass is 626 g/mol. The van der Waals surface area contributed by atoms with Gasteiger partial charge in [-0.05, 0) is 48.4 Å². The molecule has 11 atom stereocenters. The molecule has 2 aliphatic rings. The van der Waals surface area contributed by atoms with Crippen molar-refractivity contribution in [3.05, 3.63) is 53.6 Å². The van der Waals surface area contributed by atoms with Crippen molar-refractivity contribution < 1.29 is 74.7 Å². The summed E-state index contributed by atoms with van der Waals surface area (Å²) in [5.74, 6) is -1.57. The highest BCUT2D eigenvalue weighted by atomic mass is 16.7. The second-order valence-corrected chi connectivity index (χ2v) is 10.6. The lowest BCUT2D eigenvalue weighted by Gasteiger charge is -2.43. The minimum atomic E-state index is -1.74. The summed E-state index contributed by atoms with van der Waals surface area (Å²) >= 11 is 0. The van der Waals surface area contributed by atoms with Gasteiger partial charge < -0.3 is 74.7 Å². The molecule has 2 heterocycles. The number of ether oxygens (including phenoxy) is 5. The van der Waals surface area contributed by atoms with E-state index in [-0.39, 0.29) is 29.2 Å². The van der Waals surface area contributed by atoms with Gasteiger partial charge in [-0.3, -0.25) is 0 Å². The van der Waals surface area contributed by atoms with Gasteiger partial charge in [0.2, 0.25) is 0 Å². The number of hydrogen-bond acceptors (Lipinski definition) is 15. The van der Waals surface area contributed by atoms with Gasteiger partial charge in [0.1, 0.15) is 36.6 Å². The van der Waals surface area contributed by atoms with Crippen molar-refractivity contribution in [2.75, 3.05) is 13.2 Å². The van der Waals surface area contributed by atoms with Crippen molar-refractivity contribution in [1.29, 1.82) is 0 Å². The molecule has 0 bridgehead atoms. The number of phenols is 4. The molecule has 2 aliphatic heterocycles. The molecule has 2 aromatic carbocycles. The van der Waals surface area contributed by atoms with Crippen LogP contribution < -0.4 is 0 Å². The Balaban J connectivity index is 1.46. The summed E-state index contributed by atoms with van der Waals surface area (Å²) in [5.41, 5.74) is 0.584. The molecule has 0 amide bonds. The van der Waals surface area contributed by atoms with Crippen molar-refractivity contribution >= 4 is 6.08 Å². The Kier molecular flexibility index (Phi) is 11.4. The number of aliphatic hydroxyl groups is 6. The minimum Gasteiger partial charge on any atom is -0.504 e. The molecule has 0 aromatic heterocycles. The fourth-order valence-electron chi connectivity index (χ4n) is 4.70. The molecule has 15 heteroatoms. The number of aliphatic hydroxyl groups excluding tert-OH is 6. The summed E-state index contributed by atoms with van der Waals surface area (Å²) in [7, 11) is 0. The molecule has 10 N–H and O–H groups in total. The molecule has 0 aliphatic carbocycles. The highest BCUT2D eigenvalue weighted by molar-refractivity contribution is 5.55. The molecule has 0 saturated carbocycles. The molecule has 0 radical (unpaired) electrons. The van der Waals surface area contributed by atoms with Gasteiger partial charge in [0, 0.05) is 6.42 Å².